The summed E-state index contributed by atoms with van der Waals surface area (Å²) in [5, 5.41) is 13.1. The standard InChI is InChI=1S/C21H26ClNO4S/c1-3-26-20-12-15(13-23-18(21(24)25)10-11-28-2)8-9-19(20)27-14-16-6-4-5-7-17(16)22/h4-9,12,18,23H,3,10-11,13-14H2,1-2H3,(H,24,25). The van der Waals surface area contributed by atoms with Crippen molar-refractivity contribution in [1.29, 1.82) is 0 Å². The molecule has 0 aliphatic heterocycles. The van der Waals surface area contributed by atoms with Gasteiger partial charge in [0.2, 0.25) is 0 Å². The highest BCUT2D eigenvalue weighted by Crippen LogP contribution is 2.30. The Balaban J connectivity index is 2.04. The maximum atomic E-state index is 11.4. The number of carboxylic acid groups (broad SMARTS) is 1. The number of thioether (sulfide) groups is 1. The monoisotopic (exact) mass is 423 g/mol. The summed E-state index contributed by atoms with van der Waals surface area (Å²) in [6.07, 6.45) is 2.54. The minimum absolute atomic E-state index is 0.340. The van der Waals surface area contributed by atoms with Gasteiger partial charge in [-0.3, -0.25) is 4.79 Å². The van der Waals surface area contributed by atoms with Gasteiger partial charge in [-0.15, -0.1) is 0 Å². The first kappa shape index (κ1) is 22.4. The van der Waals surface area contributed by atoms with Crippen LogP contribution in [0, 0.1) is 0 Å². The Hall–Kier alpha value is -1.89. The number of aliphatic carboxylic acids is 1. The molecule has 2 aromatic rings. The number of carbonyl (C=O) groups is 1. The molecule has 0 aliphatic carbocycles. The Bertz CT molecular complexity index is 772. The summed E-state index contributed by atoms with van der Waals surface area (Å²) >= 11 is 7.82. The van der Waals surface area contributed by atoms with E-state index in [1.54, 1.807) is 11.8 Å². The summed E-state index contributed by atoms with van der Waals surface area (Å²) in [5.74, 6) is 1.22. The largest absolute Gasteiger partial charge is 0.490 e. The first-order valence-electron chi connectivity index (χ1n) is 9.12. The molecule has 0 saturated carbocycles. The number of nitrogens with one attached hydrogen (secondary N) is 1. The summed E-state index contributed by atoms with van der Waals surface area (Å²) in [6.45, 7) is 3.19. The van der Waals surface area contributed by atoms with E-state index in [1.807, 2.05) is 55.6 Å². The Morgan fingerprint density at radius 3 is 2.68 bits per heavy atom. The maximum absolute atomic E-state index is 11.4. The van der Waals surface area contributed by atoms with Crippen LogP contribution in [0.5, 0.6) is 11.5 Å². The van der Waals surface area contributed by atoms with Crippen LogP contribution in [0.1, 0.15) is 24.5 Å². The van der Waals surface area contributed by atoms with E-state index in [1.165, 1.54) is 0 Å². The van der Waals surface area contributed by atoms with Crippen molar-refractivity contribution >= 4 is 29.3 Å². The zero-order valence-electron chi connectivity index (χ0n) is 16.1. The molecule has 28 heavy (non-hydrogen) atoms. The fourth-order valence-corrected chi connectivity index (χ4v) is 3.27. The minimum Gasteiger partial charge on any atom is -0.490 e. The van der Waals surface area contributed by atoms with Crippen molar-refractivity contribution in [3.8, 4) is 11.5 Å². The molecule has 0 heterocycles. The number of hydrogen-bond acceptors (Lipinski definition) is 5. The van der Waals surface area contributed by atoms with Gasteiger partial charge in [0.25, 0.3) is 0 Å². The molecule has 0 radical (unpaired) electrons. The van der Waals surface area contributed by atoms with Crippen LogP contribution in [0.4, 0.5) is 0 Å². The lowest BCUT2D eigenvalue weighted by Gasteiger charge is -2.16. The molecule has 1 atom stereocenters. The van der Waals surface area contributed by atoms with Crippen molar-refractivity contribution in [3.05, 3.63) is 58.6 Å². The van der Waals surface area contributed by atoms with Crippen LogP contribution < -0.4 is 14.8 Å². The second-order valence-corrected chi connectivity index (χ2v) is 7.54. The quantitative estimate of drug-likeness (QED) is 0.519. The smallest absolute Gasteiger partial charge is 0.320 e. The average molecular weight is 424 g/mol. The van der Waals surface area contributed by atoms with Crippen molar-refractivity contribution in [3.63, 3.8) is 0 Å². The molecular weight excluding hydrogens is 398 g/mol. The van der Waals surface area contributed by atoms with Crippen LogP contribution in [0.25, 0.3) is 0 Å². The van der Waals surface area contributed by atoms with Crippen molar-refractivity contribution in [2.45, 2.75) is 32.5 Å². The van der Waals surface area contributed by atoms with Crippen molar-refractivity contribution in [1.82, 2.24) is 5.32 Å². The van der Waals surface area contributed by atoms with Crippen molar-refractivity contribution in [2.75, 3.05) is 18.6 Å². The van der Waals surface area contributed by atoms with E-state index >= 15 is 0 Å². The topological polar surface area (TPSA) is 67.8 Å². The van der Waals surface area contributed by atoms with E-state index in [4.69, 9.17) is 21.1 Å². The number of benzene rings is 2. The lowest BCUT2D eigenvalue weighted by Crippen LogP contribution is -2.36. The molecular formula is C21H26ClNO4S. The van der Waals surface area contributed by atoms with Crippen LogP contribution in [-0.2, 0) is 17.9 Å². The second-order valence-electron chi connectivity index (χ2n) is 6.15. The van der Waals surface area contributed by atoms with Gasteiger partial charge in [0.05, 0.1) is 6.61 Å². The molecule has 0 amide bonds. The molecule has 2 rings (SSSR count). The van der Waals surface area contributed by atoms with Gasteiger partial charge in [-0.25, -0.2) is 0 Å². The van der Waals surface area contributed by atoms with Crippen molar-refractivity contribution in [2.24, 2.45) is 0 Å². The zero-order chi connectivity index (χ0) is 20.4. The van der Waals surface area contributed by atoms with Gasteiger partial charge < -0.3 is 19.9 Å². The van der Waals surface area contributed by atoms with Crippen LogP contribution in [0.2, 0.25) is 5.02 Å². The van der Waals surface area contributed by atoms with Gasteiger partial charge in [-0.2, -0.15) is 11.8 Å². The summed E-state index contributed by atoms with van der Waals surface area (Å²) in [6, 6.07) is 12.6. The Morgan fingerprint density at radius 1 is 1.21 bits per heavy atom. The maximum Gasteiger partial charge on any atom is 0.320 e. The molecule has 0 spiro atoms. The van der Waals surface area contributed by atoms with Gasteiger partial charge in [0.15, 0.2) is 11.5 Å². The molecule has 1 unspecified atom stereocenters. The number of halogens is 1. The lowest BCUT2D eigenvalue weighted by atomic mass is 10.1. The number of hydrogen-bond donors (Lipinski definition) is 2. The molecule has 0 fully saturated rings. The van der Waals surface area contributed by atoms with E-state index < -0.39 is 12.0 Å². The Labute approximate surface area is 175 Å². The van der Waals surface area contributed by atoms with E-state index in [0.29, 0.717) is 42.7 Å². The fraction of sp³-hybridized carbons (Fsp3) is 0.381. The molecule has 0 aromatic heterocycles. The zero-order valence-corrected chi connectivity index (χ0v) is 17.7. The lowest BCUT2D eigenvalue weighted by molar-refractivity contribution is -0.139. The van der Waals surface area contributed by atoms with Gasteiger partial charge in [0, 0.05) is 17.1 Å². The fourth-order valence-electron chi connectivity index (χ4n) is 2.61. The third-order valence-electron chi connectivity index (χ3n) is 4.11. The molecule has 5 nitrogen and oxygen atoms in total. The highest BCUT2D eigenvalue weighted by Gasteiger charge is 2.16. The van der Waals surface area contributed by atoms with Gasteiger partial charge >= 0.3 is 5.97 Å². The van der Waals surface area contributed by atoms with Crippen LogP contribution in [0.3, 0.4) is 0 Å². The van der Waals surface area contributed by atoms with E-state index in [0.717, 1.165) is 16.9 Å². The van der Waals surface area contributed by atoms with Crippen LogP contribution in [0.15, 0.2) is 42.5 Å². The van der Waals surface area contributed by atoms with E-state index in [-0.39, 0.29) is 0 Å². The summed E-state index contributed by atoms with van der Waals surface area (Å²) in [7, 11) is 0. The number of carboxylic acids is 1. The molecule has 7 heteroatoms. The number of rotatable bonds is 12. The predicted octanol–water partition coefficient (Wildman–Crippen LogP) is 4.61. The second kappa shape index (κ2) is 11.8. The highest BCUT2D eigenvalue weighted by molar-refractivity contribution is 7.98. The number of ether oxygens (including phenoxy) is 2. The molecule has 0 bridgehead atoms. The molecule has 2 aromatic carbocycles. The first-order valence-corrected chi connectivity index (χ1v) is 10.9. The normalized spacial score (nSPS) is 11.8. The molecule has 0 saturated heterocycles. The van der Waals surface area contributed by atoms with Crippen LogP contribution in [-0.4, -0.2) is 35.7 Å². The molecule has 0 aliphatic rings. The van der Waals surface area contributed by atoms with Gasteiger partial charge in [0.1, 0.15) is 12.6 Å². The Kier molecular flexibility index (Phi) is 9.47. The van der Waals surface area contributed by atoms with Gasteiger partial charge in [-0.1, -0.05) is 35.9 Å². The minimum atomic E-state index is -0.834. The third kappa shape index (κ3) is 6.93. The van der Waals surface area contributed by atoms with Crippen molar-refractivity contribution < 1.29 is 19.4 Å². The van der Waals surface area contributed by atoms with E-state index in [2.05, 4.69) is 5.32 Å². The third-order valence-corrected chi connectivity index (χ3v) is 5.12. The van der Waals surface area contributed by atoms with Crippen LogP contribution >= 0.6 is 23.4 Å². The summed E-state index contributed by atoms with van der Waals surface area (Å²) in [4.78, 5) is 11.4. The van der Waals surface area contributed by atoms with Gasteiger partial charge in [-0.05, 0) is 49.1 Å². The predicted molar refractivity (Wildman–Crippen MR) is 115 cm³/mol. The molecule has 2 N–H and O–H groups in total. The SMILES string of the molecule is CCOc1cc(CNC(CCSC)C(=O)O)ccc1OCc1ccccc1Cl. The first-order chi connectivity index (χ1) is 13.5. The average Bonchev–Trinajstić information content (AvgIpc) is 2.68. The highest BCUT2D eigenvalue weighted by atomic mass is 35.5. The summed E-state index contributed by atoms with van der Waals surface area (Å²) < 4.78 is 11.6. The van der Waals surface area contributed by atoms with E-state index in [9.17, 15) is 9.90 Å². The molecule has 152 valence electrons. The Morgan fingerprint density at radius 2 is 2.00 bits per heavy atom. The summed E-state index contributed by atoms with van der Waals surface area (Å²) in [5.41, 5.74) is 1.83.